The van der Waals surface area contributed by atoms with Crippen molar-refractivity contribution in [3.05, 3.63) is 42.0 Å². The van der Waals surface area contributed by atoms with Crippen LogP contribution in [0.15, 0.2) is 30.9 Å². The Morgan fingerprint density at radius 3 is 2.24 bits per heavy atom. The Kier molecular flexibility index (Phi) is 6.66. The predicted octanol–water partition coefficient (Wildman–Crippen LogP) is 2.47. The van der Waals surface area contributed by atoms with E-state index in [1.807, 2.05) is 32.0 Å². The summed E-state index contributed by atoms with van der Waals surface area (Å²) in [6.45, 7) is 9.60. The Bertz CT molecular complexity index is 501. The molecule has 0 heterocycles. The van der Waals surface area contributed by atoms with Crippen molar-refractivity contribution >= 4 is 17.5 Å². The summed E-state index contributed by atoms with van der Waals surface area (Å²) in [6, 6.07) is 6.01. The minimum absolute atomic E-state index is 0.0349. The van der Waals surface area contributed by atoms with Gasteiger partial charge in [-0.1, -0.05) is 38.1 Å². The second-order valence-electron chi connectivity index (χ2n) is 4.83. The normalized spacial score (nSPS) is 10.0. The highest BCUT2D eigenvalue weighted by Crippen LogP contribution is 2.27. The van der Waals surface area contributed by atoms with Gasteiger partial charge in [-0.3, -0.25) is 9.59 Å². The predicted molar refractivity (Wildman–Crippen MR) is 86.4 cm³/mol. The van der Waals surface area contributed by atoms with Crippen LogP contribution in [-0.2, 0) is 22.4 Å². The van der Waals surface area contributed by atoms with E-state index in [1.165, 1.54) is 6.92 Å². The van der Waals surface area contributed by atoms with E-state index in [0.717, 1.165) is 29.7 Å². The molecule has 0 radical (unpaired) electrons. The average Bonchev–Trinajstić information content (AvgIpc) is 2.49. The fourth-order valence-corrected chi connectivity index (χ4v) is 2.30. The first-order valence-corrected chi connectivity index (χ1v) is 7.31. The van der Waals surface area contributed by atoms with Crippen molar-refractivity contribution in [2.24, 2.45) is 0 Å². The molecule has 0 unspecified atom stereocenters. The van der Waals surface area contributed by atoms with E-state index in [0.29, 0.717) is 6.54 Å². The summed E-state index contributed by atoms with van der Waals surface area (Å²) < 4.78 is 0. The van der Waals surface area contributed by atoms with Crippen LogP contribution in [0.1, 0.15) is 31.9 Å². The van der Waals surface area contributed by atoms with Crippen LogP contribution in [0.5, 0.6) is 0 Å². The molecule has 0 bridgehead atoms. The summed E-state index contributed by atoms with van der Waals surface area (Å²) in [4.78, 5) is 25.5. The van der Waals surface area contributed by atoms with Gasteiger partial charge in [-0.25, -0.2) is 0 Å². The summed E-state index contributed by atoms with van der Waals surface area (Å²) in [5, 5.41) is 2.71. The van der Waals surface area contributed by atoms with Crippen molar-refractivity contribution in [3.8, 4) is 0 Å². The molecule has 0 aromatic heterocycles. The number of amides is 2. The molecule has 21 heavy (non-hydrogen) atoms. The van der Waals surface area contributed by atoms with E-state index in [4.69, 9.17) is 0 Å². The zero-order chi connectivity index (χ0) is 15.8. The van der Waals surface area contributed by atoms with Gasteiger partial charge in [0.15, 0.2) is 0 Å². The largest absolute Gasteiger partial charge is 0.351 e. The molecule has 1 aromatic carbocycles. The van der Waals surface area contributed by atoms with Gasteiger partial charge in [0.25, 0.3) is 0 Å². The number of hydrogen-bond donors (Lipinski definition) is 1. The number of aryl methyl sites for hydroxylation is 2. The zero-order valence-corrected chi connectivity index (χ0v) is 13.1. The lowest BCUT2D eigenvalue weighted by atomic mass is 10.0. The molecule has 0 atom stereocenters. The Labute approximate surface area is 126 Å². The third-order valence-electron chi connectivity index (χ3n) is 3.36. The molecule has 0 fully saturated rings. The molecule has 0 aliphatic heterocycles. The van der Waals surface area contributed by atoms with E-state index in [1.54, 1.807) is 11.0 Å². The van der Waals surface area contributed by atoms with E-state index in [-0.39, 0.29) is 18.4 Å². The molecule has 0 spiro atoms. The van der Waals surface area contributed by atoms with Crippen molar-refractivity contribution in [2.75, 3.05) is 18.0 Å². The maximum absolute atomic E-state index is 12.0. The molecule has 1 rings (SSSR count). The molecule has 0 aliphatic carbocycles. The van der Waals surface area contributed by atoms with Crippen molar-refractivity contribution in [1.82, 2.24) is 5.32 Å². The molecule has 0 saturated heterocycles. The van der Waals surface area contributed by atoms with E-state index in [2.05, 4.69) is 11.9 Å². The van der Waals surface area contributed by atoms with Gasteiger partial charge >= 0.3 is 0 Å². The molecule has 4 heteroatoms. The molecule has 0 saturated carbocycles. The van der Waals surface area contributed by atoms with Gasteiger partial charge in [0.1, 0.15) is 6.54 Å². The minimum Gasteiger partial charge on any atom is -0.351 e. The minimum atomic E-state index is -0.182. The number of carbonyl (C=O) groups excluding carboxylic acids is 2. The fourth-order valence-electron chi connectivity index (χ4n) is 2.30. The Morgan fingerprint density at radius 2 is 1.81 bits per heavy atom. The van der Waals surface area contributed by atoms with Crippen LogP contribution in [0.2, 0.25) is 0 Å². The van der Waals surface area contributed by atoms with Crippen LogP contribution in [0.3, 0.4) is 0 Å². The topological polar surface area (TPSA) is 49.4 Å². The van der Waals surface area contributed by atoms with Gasteiger partial charge in [0.05, 0.1) is 5.69 Å². The Hall–Kier alpha value is -2.10. The summed E-state index contributed by atoms with van der Waals surface area (Å²) in [7, 11) is 0. The third-order valence-corrected chi connectivity index (χ3v) is 3.36. The number of carbonyl (C=O) groups is 2. The molecule has 1 N–H and O–H groups in total. The van der Waals surface area contributed by atoms with Crippen LogP contribution in [-0.4, -0.2) is 24.9 Å². The molecule has 4 nitrogen and oxygen atoms in total. The summed E-state index contributed by atoms with van der Waals surface area (Å²) in [6.07, 6.45) is 3.26. The number of rotatable bonds is 7. The number of anilines is 1. The van der Waals surface area contributed by atoms with Crippen LogP contribution >= 0.6 is 0 Å². The molecular weight excluding hydrogens is 264 g/mol. The molecular formula is C17H24N2O2. The highest BCUT2D eigenvalue weighted by atomic mass is 16.2. The first kappa shape index (κ1) is 17.0. The van der Waals surface area contributed by atoms with Crippen molar-refractivity contribution in [2.45, 2.75) is 33.6 Å². The zero-order valence-electron chi connectivity index (χ0n) is 13.1. The van der Waals surface area contributed by atoms with Crippen molar-refractivity contribution in [3.63, 3.8) is 0 Å². The third kappa shape index (κ3) is 4.45. The number of nitrogens with zero attached hydrogens (tertiary/aromatic N) is 1. The summed E-state index contributed by atoms with van der Waals surface area (Å²) in [5.41, 5.74) is 3.05. The maximum Gasteiger partial charge on any atom is 0.240 e. The molecule has 1 aromatic rings. The van der Waals surface area contributed by atoms with Crippen LogP contribution in [0.4, 0.5) is 5.69 Å². The number of nitrogens with one attached hydrogen (secondary N) is 1. The second-order valence-corrected chi connectivity index (χ2v) is 4.83. The maximum atomic E-state index is 12.0. The molecule has 2 amide bonds. The lowest BCUT2D eigenvalue weighted by Crippen LogP contribution is -2.40. The highest BCUT2D eigenvalue weighted by molar-refractivity contribution is 5.98. The number of hydrogen-bond acceptors (Lipinski definition) is 2. The van der Waals surface area contributed by atoms with E-state index < -0.39 is 0 Å². The van der Waals surface area contributed by atoms with Gasteiger partial charge in [-0.05, 0) is 24.0 Å². The smallest absolute Gasteiger partial charge is 0.240 e. The lowest BCUT2D eigenvalue weighted by Gasteiger charge is -2.26. The van der Waals surface area contributed by atoms with Gasteiger partial charge in [0, 0.05) is 13.5 Å². The Morgan fingerprint density at radius 1 is 1.24 bits per heavy atom. The van der Waals surface area contributed by atoms with Gasteiger partial charge < -0.3 is 10.2 Å². The quantitative estimate of drug-likeness (QED) is 0.784. The fraction of sp³-hybridized carbons (Fsp3) is 0.412. The molecule has 0 aliphatic rings. The first-order valence-electron chi connectivity index (χ1n) is 7.31. The monoisotopic (exact) mass is 288 g/mol. The SMILES string of the molecule is C=CCNC(=O)CN(C(C)=O)c1c(CC)cccc1CC. The average molecular weight is 288 g/mol. The van der Waals surface area contributed by atoms with Gasteiger partial charge in [-0.15, -0.1) is 6.58 Å². The standard InChI is InChI=1S/C17H24N2O2/c1-5-11-18-16(21)12-19(13(4)20)17-14(6-2)9-8-10-15(17)7-3/h5,8-10H,1,6-7,11-12H2,2-4H3,(H,18,21). The van der Waals surface area contributed by atoms with Gasteiger partial charge in [-0.2, -0.15) is 0 Å². The van der Waals surface area contributed by atoms with Gasteiger partial charge in [0.2, 0.25) is 11.8 Å². The number of para-hydroxylation sites is 1. The first-order chi connectivity index (χ1) is 10.0. The van der Waals surface area contributed by atoms with E-state index in [9.17, 15) is 9.59 Å². The van der Waals surface area contributed by atoms with Crippen LogP contribution in [0, 0.1) is 0 Å². The number of benzene rings is 1. The lowest BCUT2D eigenvalue weighted by molar-refractivity contribution is -0.122. The van der Waals surface area contributed by atoms with Crippen molar-refractivity contribution in [1.29, 1.82) is 0 Å². The second kappa shape index (κ2) is 8.25. The van der Waals surface area contributed by atoms with Crippen molar-refractivity contribution < 1.29 is 9.59 Å². The Balaban J connectivity index is 3.13. The van der Waals surface area contributed by atoms with Crippen LogP contribution < -0.4 is 10.2 Å². The highest BCUT2D eigenvalue weighted by Gasteiger charge is 2.20. The summed E-state index contributed by atoms with van der Waals surface area (Å²) in [5.74, 6) is -0.308. The van der Waals surface area contributed by atoms with Crippen LogP contribution in [0.25, 0.3) is 0 Å². The van der Waals surface area contributed by atoms with E-state index >= 15 is 0 Å². The molecule has 114 valence electrons. The summed E-state index contributed by atoms with van der Waals surface area (Å²) >= 11 is 0.